The number of amides is 13. The number of carbonyl (C=O) groups is 13. The number of aromatic nitrogens is 1. The fraction of sp³-hybridized carbons (Fsp3) is 0.596. The Morgan fingerprint density at radius 2 is 0.691 bits per heavy atom. The summed E-state index contributed by atoms with van der Waals surface area (Å²) in [6.07, 6.45) is 4.39. The lowest BCUT2D eigenvalue weighted by Crippen LogP contribution is -2.59. The smallest absolute Gasteiger partial charge is 0.243 e. The number of carbonyl (C=O) groups excluding carboxylic acids is 13. The topological polar surface area (TPSA) is 460 Å². The zero-order valence-electron chi connectivity index (χ0n) is 47.7. The van der Waals surface area contributed by atoms with Gasteiger partial charge in [0.15, 0.2) is 0 Å². The lowest BCUT2D eigenvalue weighted by atomic mass is 10.0. The number of hydrogen-bond donors (Lipinski definition) is 16. The van der Waals surface area contributed by atoms with Crippen LogP contribution in [0.2, 0.25) is 0 Å². The molecule has 1 aromatic carbocycles. The molecule has 13 amide bonds. The van der Waals surface area contributed by atoms with Gasteiger partial charge in [-0.2, -0.15) is 0 Å². The van der Waals surface area contributed by atoms with E-state index < -0.39 is 149 Å². The molecule has 19 N–H and O–H groups in total. The Morgan fingerprint density at radius 1 is 0.395 bits per heavy atom. The van der Waals surface area contributed by atoms with Gasteiger partial charge in [-0.3, -0.25) is 62.3 Å². The second kappa shape index (κ2) is 34.0. The SMILES string of the molecule is CC(=O)N[C@@H](Cc1c[nH]c2ccccc12)C(=O)N[C@@H](CCCCN)C(=O)N[C@@H](C)C(=O)N[C@@H](C)C(=O)N[C@@H](C)C(=O)N[C@@H](C)C(=O)N[C@@H](C)C(=O)N[C@@H](C)C(=O)N[C@@H](C)C(=O)N[C@@H](C)C(=O)N[C@@H](C)C(=O)N[C@@H](CCCCN)C(N)=O. The molecule has 0 fully saturated rings. The highest BCUT2D eigenvalue weighted by Gasteiger charge is 2.32. The first kappa shape index (κ1) is 68.9. The second-order valence-corrected chi connectivity index (χ2v) is 20.0. The third-order valence-electron chi connectivity index (χ3n) is 12.7. The van der Waals surface area contributed by atoms with Crippen LogP contribution in [0.3, 0.4) is 0 Å². The highest BCUT2D eigenvalue weighted by atomic mass is 16.2. The molecular weight excluding hydrogens is 1060 g/mol. The zero-order chi connectivity index (χ0) is 61.3. The van der Waals surface area contributed by atoms with E-state index in [0.29, 0.717) is 38.8 Å². The van der Waals surface area contributed by atoms with Crippen molar-refractivity contribution in [3.05, 3.63) is 36.0 Å². The number of benzene rings is 1. The second-order valence-electron chi connectivity index (χ2n) is 20.0. The summed E-state index contributed by atoms with van der Waals surface area (Å²) in [7, 11) is 0. The molecule has 450 valence electrons. The summed E-state index contributed by atoms with van der Waals surface area (Å²) in [6.45, 7) is 14.0. The van der Waals surface area contributed by atoms with E-state index in [-0.39, 0.29) is 19.3 Å². The van der Waals surface area contributed by atoms with E-state index in [1.54, 1.807) is 6.20 Å². The number of fused-ring (bicyclic) bond motifs is 1. The number of aromatic amines is 1. The third-order valence-corrected chi connectivity index (χ3v) is 12.7. The standard InChI is InChI=1S/C52H84N16O13/c1-25(42(71)58-27(3)44(73)60-29(5)46(75)62-31(7)48(77)64-33(9)50(79)67-38(41(55)70)19-13-15-21-53)57-43(72)26(2)59-45(74)28(4)61-47(76)30(6)63-49(78)32(8)65-51(80)39(20-14-16-22-54)68-52(81)40(66-34(10)69)23-35-24-56-37-18-12-11-17-36(35)37/h11-12,17-18,24-33,38-40,56H,13-16,19-23,53-54H2,1-10H3,(H2,55,70)(H,57,72)(H,58,71)(H,59,74)(H,60,73)(H,61,76)(H,62,75)(H,63,78)(H,64,77)(H,65,80)(H,66,69)(H,67,79)(H,68,81)/t25-,26-,27-,28-,29-,30-,31-,32-,33-,38-,39-,40-/m0/s1. The van der Waals surface area contributed by atoms with Crippen LogP contribution in [0.1, 0.15) is 113 Å². The van der Waals surface area contributed by atoms with Crippen molar-refractivity contribution in [3.8, 4) is 0 Å². The Labute approximate surface area is 470 Å². The number of rotatable bonds is 34. The summed E-state index contributed by atoms with van der Waals surface area (Å²) in [4.78, 5) is 171. The fourth-order valence-corrected chi connectivity index (χ4v) is 7.70. The van der Waals surface area contributed by atoms with Crippen molar-refractivity contribution in [3.63, 3.8) is 0 Å². The largest absolute Gasteiger partial charge is 0.368 e. The van der Waals surface area contributed by atoms with E-state index >= 15 is 0 Å². The van der Waals surface area contributed by atoms with Gasteiger partial charge >= 0.3 is 0 Å². The Hall–Kier alpha value is -8.21. The van der Waals surface area contributed by atoms with Crippen molar-refractivity contribution in [1.82, 2.24) is 68.8 Å². The van der Waals surface area contributed by atoms with Crippen molar-refractivity contribution in [2.45, 2.75) is 187 Å². The molecule has 29 nitrogen and oxygen atoms in total. The summed E-state index contributed by atoms with van der Waals surface area (Å²) >= 11 is 0. The average molecular weight is 1140 g/mol. The molecule has 12 atom stereocenters. The lowest BCUT2D eigenvalue weighted by Gasteiger charge is -2.25. The maximum absolute atomic E-state index is 13.6. The van der Waals surface area contributed by atoms with Crippen LogP contribution >= 0.6 is 0 Å². The summed E-state index contributed by atoms with van der Waals surface area (Å²) in [6, 6.07) is -6.63. The van der Waals surface area contributed by atoms with Crippen molar-refractivity contribution in [1.29, 1.82) is 0 Å². The number of hydrogen-bond acceptors (Lipinski definition) is 15. The van der Waals surface area contributed by atoms with E-state index in [1.165, 1.54) is 69.2 Å². The molecule has 0 saturated carbocycles. The maximum Gasteiger partial charge on any atom is 0.243 e. The van der Waals surface area contributed by atoms with Gasteiger partial charge in [0, 0.05) is 30.4 Å². The number of para-hydroxylation sites is 1. The Morgan fingerprint density at radius 3 is 1.02 bits per heavy atom. The Balaban J connectivity index is 1.86. The number of nitrogens with one attached hydrogen (secondary N) is 13. The summed E-state index contributed by atoms with van der Waals surface area (Å²) < 4.78 is 0. The maximum atomic E-state index is 13.6. The molecule has 0 unspecified atom stereocenters. The number of primary amides is 1. The van der Waals surface area contributed by atoms with E-state index in [9.17, 15) is 62.3 Å². The van der Waals surface area contributed by atoms with Gasteiger partial charge in [0.2, 0.25) is 76.8 Å². The minimum Gasteiger partial charge on any atom is -0.368 e. The van der Waals surface area contributed by atoms with Gasteiger partial charge in [0.25, 0.3) is 0 Å². The van der Waals surface area contributed by atoms with Crippen molar-refractivity contribution < 1.29 is 62.3 Å². The third kappa shape index (κ3) is 23.6. The van der Waals surface area contributed by atoms with Gasteiger partial charge in [-0.1, -0.05) is 18.2 Å². The first-order chi connectivity index (χ1) is 38.0. The van der Waals surface area contributed by atoms with Crippen molar-refractivity contribution in [2.75, 3.05) is 13.1 Å². The molecule has 2 aromatic rings. The van der Waals surface area contributed by atoms with Crippen molar-refractivity contribution >= 4 is 87.7 Å². The first-order valence-electron chi connectivity index (χ1n) is 26.9. The van der Waals surface area contributed by atoms with Crippen LogP contribution in [0.15, 0.2) is 30.5 Å². The fourth-order valence-electron chi connectivity index (χ4n) is 7.70. The van der Waals surface area contributed by atoms with Crippen LogP contribution in [0.25, 0.3) is 10.9 Å². The normalized spacial score (nSPS) is 15.5. The summed E-state index contributed by atoms with van der Waals surface area (Å²) in [5, 5.41) is 30.6. The zero-order valence-corrected chi connectivity index (χ0v) is 47.7. The van der Waals surface area contributed by atoms with Crippen molar-refractivity contribution in [2.24, 2.45) is 17.2 Å². The van der Waals surface area contributed by atoms with Gasteiger partial charge < -0.3 is 86.0 Å². The monoisotopic (exact) mass is 1140 g/mol. The Bertz CT molecular complexity index is 2560. The van der Waals surface area contributed by atoms with E-state index in [2.05, 4.69) is 68.8 Å². The number of unbranched alkanes of at least 4 members (excludes halogenated alkanes) is 2. The van der Waals surface area contributed by atoms with E-state index in [1.807, 2.05) is 24.3 Å². The summed E-state index contributed by atoms with van der Waals surface area (Å²) in [5.41, 5.74) is 18.1. The van der Waals surface area contributed by atoms with Crippen LogP contribution in [0.5, 0.6) is 0 Å². The highest BCUT2D eigenvalue weighted by molar-refractivity contribution is 5.99. The van der Waals surface area contributed by atoms with Gasteiger partial charge in [-0.15, -0.1) is 0 Å². The van der Waals surface area contributed by atoms with Crippen LogP contribution in [0.4, 0.5) is 0 Å². The minimum absolute atomic E-state index is 0.111. The van der Waals surface area contributed by atoms with Gasteiger partial charge in [0.05, 0.1) is 0 Å². The van der Waals surface area contributed by atoms with Crippen LogP contribution in [-0.4, -0.2) is 167 Å². The number of nitrogens with two attached hydrogens (primary N) is 3. The van der Waals surface area contributed by atoms with Gasteiger partial charge in [-0.25, -0.2) is 0 Å². The number of H-pyrrole nitrogens is 1. The first-order valence-corrected chi connectivity index (χ1v) is 26.9. The van der Waals surface area contributed by atoms with Crippen LogP contribution in [-0.2, 0) is 68.7 Å². The lowest BCUT2D eigenvalue weighted by molar-refractivity contribution is -0.135. The van der Waals surface area contributed by atoms with Crippen LogP contribution < -0.4 is 81.0 Å². The van der Waals surface area contributed by atoms with Gasteiger partial charge in [-0.05, 0) is 126 Å². The highest BCUT2D eigenvalue weighted by Crippen LogP contribution is 2.19. The molecule has 0 spiro atoms. The molecule has 0 aliphatic heterocycles. The molecule has 0 aliphatic rings. The summed E-state index contributed by atoms with van der Waals surface area (Å²) in [5.74, 6) is -9.59. The molecule has 0 radical (unpaired) electrons. The molecule has 1 heterocycles. The van der Waals surface area contributed by atoms with E-state index in [4.69, 9.17) is 17.2 Å². The molecule has 0 aliphatic carbocycles. The molecular formula is C52H84N16O13. The average Bonchev–Trinajstić information content (AvgIpc) is 3.84. The van der Waals surface area contributed by atoms with Gasteiger partial charge in [0.1, 0.15) is 72.5 Å². The molecule has 29 heteroatoms. The minimum atomic E-state index is -1.25. The predicted molar refractivity (Wildman–Crippen MR) is 297 cm³/mol. The molecule has 81 heavy (non-hydrogen) atoms. The quantitative estimate of drug-likeness (QED) is 0.0294. The molecule has 0 saturated heterocycles. The van der Waals surface area contributed by atoms with Crippen LogP contribution in [0, 0.1) is 0 Å². The van der Waals surface area contributed by atoms with E-state index in [0.717, 1.165) is 16.5 Å². The molecule has 0 bridgehead atoms. The predicted octanol–water partition coefficient (Wildman–Crippen LogP) is -4.53. The Kier molecular flexibility index (Phi) is 29.0. The molecule has 2 rings (SSSR count). The molecule has 1 aromatic heterocycles.